The van der Waals surface area contributed by atoms with Crippen LogP contribution in [-0.2, 0) is 4.79 Å². The fourth-order valence-electron chi connectivity index (χ4n) is 1.71. The van der Waals surface area contributed by atoms with Crippen molar-refractivity contribution < 1.29 is 4.79 Å². The van der Waals surface area contributed by atoms with Crippen molar-refractivity contribution in [2.45, 2.75) is 6.42 Å². The first kappa shape index (κ1) is 8.90. The quantitative estimate of drug-likeness (QED) is 0.729. The molecule has 0 bridgehead atoms. The fraction of sp³-hybridized carbons (Fsp3) is 0.100. The fourth-order valence-corrected chi connectivity index (χ4v) is 1.71. The molecule has 0 saturated carbocycles. The van der Waals surface area contributed by atoms with Crippen molar-refractivity contribution in [1.82, 2.24) is 10.2 Å². The van der Waals surface area contributed by atoms with Crippen LogP contribution in [0.4, 0.5) is 5.69 Å². The number of carbonyl (C=O) groups excluding carboxylic acids is 1. The normalized spacial score (nSPS) is 15.9. The number of benzene rings is 1. The highest BCUT2D eigenvalue weighted by molar-refractivity contribution is 6.12. The maximum absolute atomic E-state index is 11.6. The summed E-state index contributed by atoms with van der Waals surface area (Å²) in [5.74, 6) is 0.234. The van der Waals surface area contributed by atoms with Crippen LogP contribution in [0.2, 0.25) is 0 Å². The summed E-state index contributed by atoms with van der Waals surface area (Å²) in [6, 6.07) is 5.51. The summed E-state index contributed by atoms with van der Waals surface area (Å²) in [5, 5.41) is 13.0. The van der Waals surface area contributed by atoms with Gasteiger partial charge in [-0.3, -0.25) is 9.89 Å². The number of aromatic amines is 1. The summed E-state index contributed by atoms with van der Waals surface area (Å²) < 4.78 is 0. The van der Waals surface area contributed by atoms with Gasteiger partial charge in [0.15, 0.2) is 0 Å². The Kier molecular flexibility index (Phi) is 1.70. The molecule has 0 atom stereocenters. The van der Waals surface area contributed by atoms with Crippen molar-refractivity contribution >= 4 is 28.3 Å². The van der Waals surface area contributed by atoms with Crippen molar-refractivity contribution in [3.8, 4) is 0 Å². The number of nitrogens with one attached hydrogen (secondary N) is 1. The first-order valence-corrected chi connectivity index (χ1v) is 4.83. The van der Waals surface area contributed by atoms with E-state index in [0.717, 1.165) is 10.9 Å². The van der Waals surface area contributed by atoms with Crippen molar-refractivity contribution in [3.63, 3.8) is 0 Å². The minimum Gasteiger partial charge on any atom is -0.385 e. The number of nitrogens with two attached hydrogens (primary N) is 1. The topological polar surface area (TPSA) is 87.4 Å². The molecule has 0 fully saturated rings. The molecule has 16 heavy (non-hydrogen) atoms. The van der Waals surface area contributed by atoms with Gasteiger partial charge in [-0.05, 0) is 18.2 Å². The Hall–Kier alpha value is -2.37. The average molecular weight is 215 g/mol. The van der Waals surface area contributed by atoms with Gasteiger partial charge in [-0.15, -0.1) is 0 Å². The molecule has 6 heteroatoms. The molecule has 3 rings (SSSR count). The molecule has 1 aromatic heterocycles. The molecule has 1 amide bonds. The Balaban J connectivity index is 2.08. The molecular weight excluding hydrogens is 206 g/mol. The van der Waals surface area contributed by atoms with Gasteiger partial charge in [0.05, 0.1) is 23.8 Å². The molecule has 2 aromatic rings. The highest BCUT2D eigenvalue weighted by atomic mass is 16.2. The molecule has 1 aliphatic heterocycles. The zero-order valence-electron chi connectivity index (χ0n) is 8.34. The third-order valence-corrected chi connectivity index (χ3v) is 2.47. The number of carbonyl (C=O) groups is 1. The van der Waals surface area contributed by atoms with Gasteiger partial charge in [-0.25, -0.2) is 0 Å². The summed E-state index contributed by atoms with van der Waals surface area (Å²) in [5.41, 5.74) is 7.15. The van der Waals surface area contributed by atoms with Crippen LogP contribution in [0.1, 0.15) is 6.42 Å². The standard InChI is InChI=1S/C10H9N5O/c11-9-4-10(16)15(14-9)7-1-2-8-6(3-7)5-12-13-8/h1-3,5H,4H2,(H2,11,14)(H,12,13). The van der Waals surface area contributed by atoms with Crippen LogP contribution < -0.4 is 10.7 Å². The van der Waals surface area contributed by atoms with E-state index >= 15 is 0 Å². The summed E-state index contributed by atoms with van der Waals surface area (Å²) in [4.78, 5) is 11.6. The zero-order valence-corrected chi connectivity index (χ0v) is 8.34. The van der Waals surface area contributed by atoms with E-state index in [-0.39, 0.29) is 12.3 Å². The van der Waals surface area contributed by atoms with E-state index in [2.05, 4.69) is 15.3 Å². The molecular formula is C10H9N5O. The van der Waals surface area contributed by atoms with Gasteiger partial charge in [-0.1, -0.05) is 0 Å². The summed E-state index contributed by atoms with van der Waals surface area (Å²) in [7, 11) is 0. The monoisotopic (exact) mass is 215 g/mol. The van der Waals surface area contributed by atoms with Crippen LogP contribution in [0.25, 0.3) is 10.9 Å². The number of nitrogens with zero attached hydrogens (tertiary/aromatic N) is 3. The van der Waals surface area contributed by atoms with Crippen LogP contribution in [0, 0.1) is 0 Å². The highest BCUT2D eigenvalue weighted by Gasteiger charge is 2.23. The summed E-state index contributed by atoms with van der Waals surface area (Å²) in [6.45, 7) is 0. The van der Waals surface area contributed by atoms with E-state index in [1.54, 1.807) is 12.3 Å². The maximum atomic E-state index is 11.6. The molecule has 3 N–H and O–H groups in total. The summed E-state index contributed by atoms with van der Waals surface area (Å²) >= 11 is 0. The van der Waals surface area contributed by atoms with Crippen molar-refractivity contribution in [1.29, 1.82) is 0 Å². The van der Waals surface area contributed by atoms with Crippen LogP contribution in [0.3, 0.4) is 0 Å². The number of hydrogen-bond donors (Lipinski definition) is 2. The molecule has 1 aliphatic rings. The Morgan fingerprint density at radius 1 is 1.44 bits per heavy atom. The van der Waals surface area contributed by atoms with Gasteiger partial charge >= 0.3 is 0 Å². The summed E-state index contributed by atoms with van der Waals surface area (Å²) in [6.07, 6.45) is 1.88. The minimum absolute atomic E-state index is 0.111. The average Bonchev–Trinajstić information content (AvgIpc) is 2.83. The number of aromatic nitrogens is 2. The van der Waals surface area contributed by atoms with Gasteiger partial charge in [0.2, 0.25) is 0 Å². The number of hydrazone groups is 1. The van der Waals surface area contributed by atoms with Gasteiger partial charge < -0.3 is 5.73 Å². The Labute approximate surface area is 90.7 Å². The lowest BCUT2D eigenvalue weighted by Crippen LogP contribution is -2.19. The third kappa shape index (κ3) is 1.23. The number of hydrogen-bond acceptors (Lipinski definition) is 4. The SMILES string of the molecule is NC1=NN(c2ccc3[nH]ncc3c2)C(=O)C1. The van der Waals surface area contributed by atoms with Crippen molar-refractivity contribution in [2.75, 3.05) is 5.01 Å². The number of amides is 1. The Morgan fingerprint density at radius 3 is 3.06 bits per heavy atom. The molecule has 6 nitrogen and oxygen atoms in total. The lowest BCUT2D eigenvalue weighted by atomic mass is 10.2. The van der Waals surface area contributed by atoms with Crippen LogP contribution in [-0.4, -0.2) is 21.9 Å². The minimum atomic E-state index is -0.111. The first-order valence-electron chi connectivity index (χ1n) is 4.83. The zero-order chi connectivity index (χ0) is 11.1. The second kappa shape index (κ2) is 3.06. The van der Waals surface area contributed by atoms with Crippen LogP contribution >= 0.6 is 0 Å². The Morgan fingerprint density at radius 2 is 2.31 bits per heavy atom. The molecule has 1 aromatic carbocycles. The molecule has 80 valence electrons. The second-order valence-corrected chi connectivity index (χ2v) is 3.62. The van der Waals surface area contributed by atoms with Crippen molar-refractivity contribution in [2.24, 2.45) is 10.8 Å². The van der Waals surface area contributed by atoms with Crippen molar-refractivity contribution in [3.05, 3.63) is 24.4 Å². The van der Waals surface area contributed by atoms with Gasteiger partial charge in [0.1, 0.15) is 5.84 Å². The van der Waals surface area contributed by atoms with E-state index in [4.69, 9.17) is 5.73 Å². The third-order valence-electron chi connectivity index (χ3n) is 2.47. The van der Waals surface area contributed by atoms with E-state index in [0.29, 0.717) is 11.5 Å². The van der Waals surface area contributed by atoms with Crippen LogP contribution in [0.5, 0.6) is 0 Å². The molecule has 0 spiro atoms. The van der Waals surface area contributed by atoms with Gasteiger partial charge in [-0.2, -0.15) is 15.2 Å². The molecule has 0 radical (unpaired) electrons. The number of fused-ring (bicyclic) bond motifs is 1. The maximum Gasteiger partial charge on any atom is 0.255 e. The molecule has 0 saturated heterocycles. The van der Waals surface area contributed by atoms with Crippen LogP contribution in [0.15, 0.2) is 29.5 Å². The smallest absolute Gasteiger partial charge is 0.255 e. The molecule has 0 unspecified atom stereocenters. The molecule has 0 aliphatic carbocycles. The van der Waals surface area contributed by atoms with E-state index in [1.165, 1.54) is 5.01 Å². The number of H-pyrrole nitrogens is 1. The van der Waals surface area contributed by atoms with Gasteiger partial charge in [0.25, 0.3) is 5.91 Å². The number of amidine groups is 1. The highest BCUT2D eigenvalue weighted by Crippen LogP contribution is 2.23. The number of rotatable bonds is 1. The lowest BCUT2D eigenvalue weighted by molar-refractivity contribution is -0.116. The molecule has 2 heterocycles. The predicted molar refractivity (Wildman–Crippen MR) is 59.8 cm³/mol. The van der Waals surface area contributed by atoms with E-state index in [1.807, 2.05) is 12.1 Å². The Bertz CT molecular complexity index is 600. The van der Waals surface area contributed by atoms with E-state index in [9.17, 15) is 4.79 Å². The number of anilines is 1. The first-order chi connectivity index (χ1) is 7.74. The lowest BCUT2D eigenvalue weighted by Gasteiger charge is -2.10. The predicted octanol–water partition coefficient (Wildman–Crippen LogP) is 0.572. The largest absolute Gasteiger partial charge is 0.385 e. The second-order valence-electron chi connectivity index (χ2n) is 3.62. The van der Waals surface area contributed by atoms with Gasteiger partial charge in [0, 0.05) is 5.39 Å². The van der Waals surface area contributed by atoms with E-state index < -0.39 is 0 Å².